The molecule has 2 fully saturated rings. The molecule has 5 atom stereocenters. The highest BCUT2D eigenvalue weighted by Gasteiger charge is 2.72. The molecule has 0 saturated heterocycles. The Hall–Kier alpha value is -1.28. The molecule has 4 aliphatic rings. The second-order valence-electron chi connectivity index (χ2n) is 8.73. The molecule has 0 aromatic heterocycles. The van der Waals surface area contributed by atoms with Crippen LogP contribution in [0.3, 0.4) is 0 Å². The largest absolute Gasteiger partial charge is 0.508 e. The molecule has 122 valence electrons. The molecule has 1 aromatic carbocycles. The van der Waals surface area contributed by atoms with Crippen molar-refractivity contribution in [3.05, 3.63) is 41.0 Å². The van der Waals surface area contributed by atoms with Crippen molar-refractivity contribution in [1.29, 1.82) is 0 Å². The minimum absolute atomic E-state index is 0.0275. The van der Waals surface area contributed by atoms with Crippen LogP contribution in [0.1, 0.15) is 63.0 Å². The zero-order valence-corrected chi connectivity index (χ0v) is 14.1. The fourth-order valence-electron chi connectivity index (χ4n) is 7.15. The monoisotopic (exact) mass is 310 g/mol. The van der Waals surface area contributed by atoms with Crippen LogP contribution in [-0.4, -0.2) is 15.8 Å². The number of aryl methyl sites for hydroxylation is 1. The van der Waals surface area contributed by atoms with E-state index in [2.05, 4.69) is 26.0 Å². The molecule has 0 unspecified atom stereocenters. The summed E-state index contributed by atoms with van der Waals surface area (Å²) in [5.74, 6) is 1.63. The summed E-state index contributed by atoms with van der Waals surface area (Å²) in [4.78, 5) is 0. The van der Waals surface area contributed by atoms with E-state index < -0.39 is 5.60 Å². The first-order valence-electron chi connectivity index (χ1n) is 9.15. The Kier molecular flexibility index (Phi) is 2.47. The van der Waals surface area contributed by atoms with Crippen LogP contribution in [0.15, 0.2) is 29.8 Å². The fourth-order valence-corrected chi connectivity index (χ4v) is 7.15. The normalized spacial score (nSPS) is 46.8. The molecule has 2 saturated carbocycles. The zero-order chi connectivity index (χ0) is 16.0. The maximum atomic E-state index is 11.4. The minimum Gasteiger partial charge on any atom is -0.508 e. The van der Waals surface area contributed by atoms with Crippen LogP contribution in [0.25, 0.3) is 0 Å². The summed E-state index contributed by atoms with van der Waals surface area (Å²) in [5.41, 5.74) is 3.68. The summed E-state index contributed by atoms with van der Waals surface area (Å²) in [6.07, 6.45) is 9.09. The molecule has 0 aliphatic heterocycles. The number of fused-ring (bicyclic) bond motifs is 3. The van der Waals surface area contributed by atoms with Gasteiger partial charge in [0.25, 0.3) is 0 Å². The van der Waals surface area contributed by atoms with Crippen molar-refractivity contribution in [1.82, 2.24) is 0 Å². The van der Waals surface area contributed by atoms with Crippen LogP contribution in [-0.2, 0) is 6.42 Å². The Morgan fingerprint density at radius 3 is 2.74 bits per heavy atom. The van der Waals surface area contributed by atoms with Crippen molar-refractivity contribution >= 4 is 0 Å². The van der Waals surface area contributed by atoms with E-state index in [9.17, 15) is 10.2 Å². The summed E-state index contributed by atoms with van der Waals surface area (Å²) in [6, 6.07) is 5.98. The number of aromatic hydroxyl groups is 1. The van der Waals surface area contributed by atoms with Gasteiger partial charge in [0.1, 0.15) is 5.75 Å². The Labute approximate surface area is 138 Å². The van der Waals surface area contributed by atoms with Crippen molar-refractivity contribution in [3.63, 3.8) is 0 Å². The third-order valence-corrected chi connectivity index (χ3v) is 8.32. The topological polar surface area (TPSA) is 40.5 Å². The van der Waals surface area contributed by atoms with Crippen LogP contribution in [0.4, 0.5) is 0 Å². The Morgan fingerprint density at radius 1 is 1.13 bits per heavy atom. The predicted octanol–water partition coefficient (Wildman–Crippen LogP) is 4.31. The first kappa shape index (κ1) is 14.1. The third-order valence-electron chi connectivity index (χ3n) is 8.32. The van der Waals surface area contributed by atoms with Gasteiger partial charge in [-0.3, -0.25) is 0 Å². The fraction of sp³-hybridized carbons (Fsp3) is 0.619. The second-order valence-corrected chi connectivity index (χ2v) is 8.73. The van der Waals surface area contributed by atoms with Crippen molar-refractivity contribution in [2.45, 2.75) is 63.9 Å². The molecular formula is C21H26O2. The van der Waals surface area contributed by atoms with Crippen LogP contribution < -0.4 is 0 Å². The lowest BCUT2D eigenvalue weighted by atomic mass is 9.48. The van der Waals surface area contributed by atoms with Crippen molar-refractivity contribution in [2.24, 2.45) is 16.7 Å². The molecule has 0 amide bonds. The minimum atomic E-state index is -0.562. The molecule has 2 heteroatoms. The lowest BCUT2D eigenvalue weighted by Crippen LogP contribution is -2.52. The van der Waals surface area contributed by atoms with Gasteiger partial charge < -0.3 is 10.2 Å². The van der Waals surface area contributed by atoms with Crippen molar-refractivity contribution in [2.75, 3.05) is 0 Å². The number of hydrogen-bond donors (Lipinski definition) is 2. The molecule has 2 nitrogen and oxygen atoms in total. The summed E-state index contributed by atoms with van der Waals surface area (Å²) in [6.45, 7) is 4.50. The third kappa shape index (κ3) is 1.37. The molecule has 2 bridgehead atoms. The lowest BCUT2D eigenvalue weighted by Gasteiger charge is -2.56. The zero-order valence-electron chi connectivity index (χ0n) is 14.1. The molecular weight excluding hydrogens is 284 g/mol. The molecule has 0 radical (unpaired) electrons. The Bertz CT molecular complexity index is 735. The van der Waals surface area contributed by atoms with E-state index >= 15 is 0 Å². The van der Waals surface area contributed by atoms with E-state index in [-0.39, 0.29) is 10.8 Å². The number of aliphatic hydroxyl groups is 1. The molecule has 4 aliphatic carbocycles. The number of rotatable bonds is 0. The summed E-state index contributed by atoms with van der Waals surface area (Å²) in [7, 11) is 0. The van der Waals surface area contributed by atoms with E-state index in [1.165, 1.54) is 29.5 Å². The highest BCUT2D eigenvalue weighted by molar-refractivity contribution is 5.46. The smallest absolute Gasteiger partial charge is 0.115 e. The van der Waals surface area contributed by atoms with Gasteiger partial charge in [0.05, 0.1) is 5.60 Å². The van der Waals surface area contributed by atoms with E-state index in [4.69, 9.17) is 0 Å². The van der Waals surface area contributed by atoms with Crippen LogP contribution >= 0.6 is 0 Å². The molecule has 5 rings (SSSR count). The van der Waals surface area contributed by atoms with E-state index in [0.717, 1.165) is 25.7 Å². The average Bonchev–Trinajstić information content (AvgIpc) is 2.86. The molecule has 0 heterocycles. The van der Waals surface area contributed by atoms with E-state index in [1.54, 1.807) is 0 Å². The van der Waals surface area contributed by atoms with Gasteiger partial charge >= 0.3 is 0 Å². The van der Waals surface area contributed by atoms with Gasteiger partial charge in [-0.25, -0.2) is 0 Å². The summed E-state index contributed by atoms with van der Waals surface area (Å²) < 4.78 is 0. The van der Waals surface area contributed by atoms with E-state index in [1.807, 2.05) is 12.1 Å². The van der Waals surface area contributed by atoms with Gasteiger partial charge in [0.15, 0.2) is 0 Å². The predicted molar refractivity (Wildman–Crippen MR) is 90.4 cm³/mol. The summed E-state index contributed by atoms with van der Waals surface area (Å²) in [5, 5.41) is 21.2. The standard InChI is InChI=1S/C21H26O2/c1-13-12-20-9-10-21(13,23)19(20,2)8-7-17-16-5-4-15(22)11-14(16)3-6-18(17)20/h4-5,11-12,17-18,22-23H,3,6-10H2,1-2H3/t17-,18-,19+,20-,21-/m1/s1. The van der Waals surface area contributed by atoms with Gasteiger partial charge in [-0.1, -0.05) is 19.1 Å². The summed E-state index contributed by atoms with van der Waals surface area (Å²) >= 11 is 0. The first-order valence-corrected chi connectivity index (χ1v) is 9.15. The SMILES string of the molecule is CC1=C[C@@]23CC[C@]1(O)[C@@]2(C)CC[C@@H]1c2ccc(O)cc2CC[C@H]13. The van der Waals surface area contributed by atoms with Crippen LogP contribution in [0.2, 0.25) is 0 Å². The Morgan fingerprint density at radius 2 is 1.96 bits per heavy atom. The maximum absolute atomic E-state index is 11.4. The number of allylic oxidation sites excluding steroid dienone is 1. The Balaban J connectivity index is 1.65. The lowest BCUT2D eigenvalue weighted by molar-refractivity contribution is -0.0909. The van der Waals surface area contributed by atoms with Gasteiger partial charge in [-0.2, -0.15) is 0 Å². The van der Waals surface area contributed by atoms with E-state index in [0.29, 0.717) is 17.6 Å². The molecule has 23 heavy (non-hydrogen) atoms. The maximum Gasteiger partial charge on any atom is 0.115 e. The van der Waals surface area contributed by atoms with Gasteiger partial charge in [0, 0.05) is 10.8 Å². The number of benzene rings is 1. The van der Waals surface area contributed by atoms with Crippen LogP contribution in [0.5, 0.6) is 5.75 Å². The number of phenols is 1. The number of phenolic OH excluding ortho intramolecular Hbond substituents is 1. The first-order chi connectivity index (χ1) is 10.9. The van der Waals surface area contributed by atoms with Crippen molar-refractivity contribution < 1.29 is 10.2 Å². The number of hydrogen-bond acceptors (Lipinski definition) is 2. The quantitative estimate of drug-likeness (QED) is 0.701. The van der Waals surface area contributed by atoms with Gasteiger partial charge in [-0.05, 0) is 86.1 Å². The average molecular weight is 310 g/mol. The molecule has 0 spiro atoms. The molecule has 1 aromatic rings. The second kappa shape index (κ2) is 4.03. The van der Waals surface area contributed by atoms with Crippen LogP contribution in [0, 0.1) is 16.7 Å². The molecule has 2 N–H and O–H groups in total. The van der Waals surface area contributed by atoms with Gasteiger partial charge in [-0.15, -0.1) is 0 Å². The van der Waals surface area contributed by atoms with Gasteiger partial charge in [0.2, 0.25) is 0 Å². The van der Waals surface area contributed by atoms with Crippen molar-refractivity contribution in [3.8, 4) is 5.75 Å². The highest BCUT2D eigenvalue weighted by atomic mass is 16.3. The highest BCUT2D eigenvalue weighted by Crippen LogP contribution is 2.76.